The number of carbonyl (C=O) groups excluding carboxylic acids is 1. The van der Waals surface area contributed by atoms with Gasteiger partial charge >= 0.3 is 0 Å². The van der Waals surface area contributed by atoms with Crippen molar-refractivity contribution in [2.24, 2.45) is 0 Å². The van der Waals surface area contributed by atoms with Gasteiger partial charge in [0.2, 0.25) is 0 Å². The van der Waals surface area contributed by atoms with Gasteiger partial charge in [0, 0.05) is 12.7 Å². The zero-order valence-corrected chi connectivity index (χ0v) is 11.0. The fourth-order valence-electron chi connectivity index (χ4n) is 1.49. The second kappa shape index (κ2) is 4.92. The average molecular weight is 285 g/mol. The molecule has 0 spiro atoms. The molecule has 2 aromatic rings. The van der Waals surface area contributed by atoms with E-state index in [1.54, 1.807) is 19.2 Å². The first-order valence-electron chi connectivity index (χ1n) is 5.10. The van der Waals surface area contributed by atoms with Crippen molar-refractivity contribution in [1.82, 2.24) is 4.98 Å². The second-order valence-corrected chi connectivity index (χ2v) is 4.51. The van der Waals surface area contributed by atoms with Crippen LogP contribution in [0, 0.1) is 0 Å². The number of rotatable bonds is 2. The molecule has 0 aliphatic rings. The summed E-state index contributed by atoms with van der Waals surface area (Å²) in [5, 5.41) is 9.73. The Bertz CT molecular complexity index is 559. The molecule has 0 atom stereocenters. The Hall–Kier alpha value is -1.65. The van der Waals surface area contributed by atoms with Crippen molar-refractivity contribution in [2.45, 2.75) is 0 Å². The number of aromatic amines is 1. The Labute approximate surface area is 114 Å². The van der Waals surface area contributed by atoms with Crippen LogP contribution in [0.3, 0.4) is 0 Å². The molecule has 0 unspecified atom stereocenters. The molecule has 18 heavy (non-hydrogen) atoms. The van der Waals surface area contributed by atoms with Gasteiger partial charge in [-0.2, -0.15) is 0 Å². The summed E-state index contributed by atoms with van der Waals surface area (Å²) in [4.78, 5) is 16.2. The molecule has 0 bridgehead atoms. The van der Waals surface area contributed by atoms with E-state index in [9.17, 15) is 9.90 Å². The Balaban J connectivity index is 2.26. The molecule has 0 aliphatic carbocycles. The van der Waals surface area contributed by atoms with Crippen LogP contribution >= 0.6 is 23.2 Å². The normalized spacial score (nSPS) is 10.4. The molecule has 1 aromatic carbocycles. The summed E-state index contributed by atoms with van der Waals surface area (Å²) in [6, 6.07) is 7.77. The lowest BCUT2D eigenvalue weighted by molar-refractivity contribution is 0.0989. The van der Waals surface area contributed by atoms with Gasteiger partial charge in [0.25, 0.3) is 5.91 Å². The topological polar surface area (TPSA) is 56.3 Å². The highest BCUT2D eigenvalue weighted by Gasteiger charge is 2.17. The predicted octanol–water partition coefficient (Wildman–Crippen LogP) is 3.30. The van der Waals surface area contributed by atoms with Crippen molar-refractivity contribution in [2.75, 3.05) is 11.9 Å². The largest absolute Gasteiger partial charge is 0.508 e. The molecule has 6 heteroatoms. The van der Waals surface area contributed by atoms with Crippen molar-refractivity contribution >= 4 is 34.8 Å². The van der Waals surface area contributed by atoms with E-state index in [1.807, 2.05) is 0 Å². The van der Waals surface area contributed by atoms with Gasteiger partial charge in [0.15, 0.2) is 0 Å². The van der Waals surface area contributed by atoms with E-state index in [0.717, 1.165) is 0 Å². The van der Waals surface area contributed by atoms with Crippen LogP contribution in [0.1, 0.15) is 10.5 Å². The van der Waals surface area contributed by atoms with E-state index in [-0.39, 0.29) is 16.8 Å². The van der Waals surface area contributed by atoms with Gasteiger partial charge in [-0.05, 0) is 30.3 Å². The third-order valence-corrected chi connectivity index (χ3v) is 3.19. The molecule has 0 aliphatic heterocycles. The minimum atomic E-state index is -0.269. The average Bonchev–Trinajstić information content (AvgIpc) is 2.69. The SMILES string of the molecule is CN(C(=O)c1cc(Cl)c(Cl)[nH]1)c1ccc(O)cc1. The van der Waals surface area contributed by atoms with Crippen molar-refractivity contribution in [3.8, 4) is 5.75 Å². The van der Waals surface area contributed by atoms with E-state index in [2.05, 4.69) is 4.98 Å². The van der Waals surface area contributed by atoms with Crippen molar-refractivity contribution in [3.63, 3.8) is 0 Å². The summed E-state index contributed by atoms with van der Waals surface area (Å²) in [6.45, 7) is 0. The van der Waals surface area contributed by atoms with Crippen LogP contribution in [0.4, 0.5) is 5.69 Å². The zero-order chi connectivity index (χ0) is 13.3. The number of aromatic hydroxyl groups is 1. The van der Waals surface area contributed by atoms with Gasteiger partial charge in [0.1, 0.15) is 16.6 Å². The summed E-state index contributed by atoms with van der Waals surface area (Å²) < 4.78 is 0. The number of carbonyl (C=O) groups is 1. The standard InChI is InChI=1S/C12H10Cl2N2O2/c1-16(7-2-4-8(17)5-3-7)12(18)10-6-9(13)11(14)15-10/h2-6,15,17H,1H3. The zero-order valence-electron chi connectivity index (χ0n) is 9.45. The highest BCUT2D eigenvalue weighted by molar-refractivity contribution is 6.41. The van der Waals surface area contributed by atoms with Gasteiger partial charge in [0.05, 0.1) is 5.02 Å². The van der Waals surface area contributed by atoms with Gasteiger partial charge in [-0.25, -0.2) is 0 Å². The monoisotopic (exact) mass is 284 g/mol. The summed E-state index contributed by atoms with van der Waals surface area (Å²) in [6.07, 6.45) is 0. The number of benzene rings is 1. The number of phenols is 1. The van der Waals surface area contributed by atoms with E-state index in [4.69, 9.17) is 23.2 Å². The van der Waals surface area contributed by atoms with Crippen LogP contribution in [0.25, 0.3) is 0 Å². The number of anilines is 1. The minimum Gasteiger partial charge on any atom is -0.508 e. The van der Waals surface area contributed by atoms with Crippen molar-refractivity contribution in [1.29, 1.82) is 0 Å². The number of aromatic nitrogens is 1. The minimum absolute atomic E-state index is 0.144. The number of phenolic OH excluding ortho intramolecular Hbond substituents is 1. The maximum atomic E-state index is 12.1. The second-order valence-electron chi connectivity index (χ2n) is 3.73. The molecule has 4 nitrogen and oxygen atoms in total. The van der Waals surface area contributed by atoms with Crippen molar-refractivity contribution < 1.29 is 9.90 Å². The lowest BCUT2D eigenvalue weighted by Gasteiger charge is -2.16. The first kappa shape index (κ1) is 12.8. The Morgan fingerprint density at radius 3 is 2.39 bits per heavy atom. The molecular formula is C12H10Cl2N2O2. The number of nitrogens with one attached hydrogen (secondary N) is 1. The van der Waals surface area contributed by atoms with Crippen molar-refractivity contribution in [3.05, 3.63) is 46.2 Å². The molecule has 1 heterocycles. The maximum Gasteiger partial charge on any atom is 0.274 e. The Morgan fingerprint density at radius 2 is 1.89 bits per heavy atom. The molecule has 2 N–H and O–H groups in total. The fourth-order valence-corrected chi connectivity index (χ4v) is 1.81. The molecule has 0 fully saturated rings. The molecule has 1 aromatic heterocycles. The molecule has 0 saturated heterocycles. The molecule has 1 amide bonds. The Morgan fingerprint density at radius 1 is 1.28 bits per heavy atom. The number of amides is 1. The van der Waals surface area contributed by atoms with E-state index in [1.165, 1.54) is 23.1 Å². The third kappa shape index (κ3) is 2.44. The number of hydrogen-bond donors (Lipinski definition) is 2. The van der Waals surface area contributed by atoms with Crippen LogP contribution in [-0.2, 0) is 0 Å². The quantitative estimate of drug-likeness (QED) is 0.889. The molecule has 2 rings (SSSR count). The number of halogens is 2. The van der Waals surface area contributed by atoms with Crippen LogP contribution in [0.15, 0.2) is 30.3 Å². The Kier molecular flexibility index (Phi) is 3.50. The van der Waals surface area contributed by atoms with Gasteiger partial charge in [-0.1, -0.05) is 23.2 Å². The van der Waals surface area contributed by atoms with Crippen LogP contribution < -0.4 is 4.90 Å². The highest BCUT2D eigenvalue weighted by atomic mass is 35.5. The lowest BCUT2D eigenvalue weighted by Crippen LogP contribution is -2.26. The summed E-state index contributed by atoms with van der Waals surface area (Å²) >= 11 is 11.5. The van der Waals surface area contributed by atoms with Gasteiger partial charge in [-0.15, -0.1) is 0 Å². The summed E-state index contributed by atoms with van der Waals surface area (Å²) in [7, 11) is 1.62. The first-order valence-corrected chi connectivity index (χ1v) is 5.85. The number of H-pyrrole nitrogens is 1. The lowest BCUT2D eigenvalue weighted by atomic mass is 10.2. The third-order valence-electron chi connectivity index (χ3n) is 2.50. The molecule has 0 saturated carbocycles. The fraction of sp³-hybridized carbons (Fsp3) is 0.0833. The van der Waals surface area contributed by atoms with Gasteiger partial charge < -0.3 is 15.0 Å². The molecular weight excluding hydrogens is 275 g/mol. The van der Waals surface area contributed by atoms with Gasteiger partial charge in [-0.3, -0.25) is 4.79 Å². The molecule has 0 radical (unpaired) electrons. The predicted molar refractivity (Wildman–Crippen MR) is 71.7 cm³/mol. The number of nitrogens with zero attached hydrogens (tertiary/aromatic N) is 1. The highest BCUT2D eigenvalue weighted by Crippen LogP contribution is 2.24. The first-order chi connectivity index (χ1) is 8.49. The maximum absolute atomic E-state index is 12.1. The van der Waals surface area contributed by atoms with Crippen LogP contribution in [0.2, 0.25) is 10.2 Å². The van der Waals surface area contributed by atoms with E-state index < -0.39 is 0 Å². The van der Waals surface area contributed by atoms with Crippen LogP contribution in [0.5, 0.6) is 5.75 Å². The summed E-state index contributed by atoms with van der Waals surface area (Å²) in [5.74, 6) is -0.125. The number of hydrogen-bond acceptors (Lipinski definition) is 2. The van der Waals surface area contributed by atoms with Crippen LogP contribution in [-0.4, -0.2) is 23.0 Å². The molecule has 94 valence electrons. The summed E-state index contributed by atoms with van der Waals surface area (Å²) in [5.41, 5.74) is 0.959. The smallest absolute Gasteiger partial charge is 0.274 e. The van der Waals surface area contributed by atoms with E-state index in [0.29, 0.717) is 16.4 Å². The van der Waals surface area contributed by atoms with E-state index >= 15 is 0 Å².